The Hall–Kier alpha value is -2.17. The van der Waals surface area contributed by atoms with Crippen LogP contribution in [-0.2, 0) is 5.41 Å². The van der Waals surface area contributed by atoms with Crippen molar-refractivity contribution in [1.29, 1.82) is 0 Å². The Labute approximate surface area is 156 Å². The van der Waals surface area contributed by atoms with Crippen LogP contribution in [0.1, 0.15) is 72.2 Å². The van der Waals surface area contributed by atoms with Gasteiger partial charge in [-0.15, -0.1) is 5.10 Å². The summed E-state index contributed by atoms with van der Waals surface area (Å²) >= 11 is 0. The summed E-state index contributed by atoms with van der Waals surface area (Å²) in [6.07, 6.45) is 0.324. The van der Waals surface area contributed by atoms with Gasteiger partial charge < -0.3 is 4.74 Å². The predicted octanol–water partition coefficient (Wildman–Crippen LogP) is 5.11. The van der Waals surface area contributed by atoms with E-state index >= 15 is 0 Å². The lowest BCUT2D eigenvalue weighted by Gasteiger charge is -2.19. The number of hydrogen-bond donors (Lipinski definition) is 0. The molecule has 5 nitrogen and oxygen atoms in total. The molecule has 0 saturated heterocycles. The number of hydrogen-bond acceptors (Lipinski definition) is 4. The van der Waals surface area contributed by atoms with E-state index in [-0.39, 0.29) is 28.9 Å². The molecule has 2 aromatic rings. The zero-order valence-corrected chi connectivity index (χ0v) is 17.3. The molecule has 26 heavy (non-hydrogen) atoms. The fourth-order valence-corrected chi connectivity index (χ4v) is 2.56. The van der Waals surface area contributed by atoms with E-state index < -0.39 is 0 Å². The van der Waals surface area contributed by atoms with E-state index in [1.54, 1.807) is 0 Å². The fraction of sp³-hybridized carbons (Fsp3) is 0.571. The summed E-state index contributed by atoms with van der Waals surface area (Å²) in [6, 6.07) is 8.36. The highest BCUT2D eigenvalue weighted by molar-refractivity contribution is 5.82. The summed E-state index contributed by atoms with van der Waals surface area (Å²) in [5, 5.41) is 4.32. The van der Waals surface area contributed by atoms with Crippen LogP contribution in [0.15, 0.2) is 24.3 Å². The number of rotatable bonds is 4. The first-order valence-corrected chi connectivity index (χ1v) is 9.15. The second-order valence-corrected chi connectivity index (χ2v) is 9.25. The molecular weight excluding hydrogens is 326 g/mol. The van der Waals surface area contributed by atoms with Crippen LogP contribution < -0.4 is 4.74 Å². The van der Waals surface area contributed by atoms with E-state index in [9.17, 15) is 4.79 Å². The minimum atomic E-state index is -0.130. The predicted molar refractivity (Wildman–Crippen MR) is 105 cm³/mol. The van der Waals surface area contributed by atoms with Gasteiger partial charge in [0, 0.05) is 12.0 Å². The smallest absolute Gasteiger partial charge is 0.336 e. The van der Waals surface area contributed by atoms with Gasteiger partial charge in [0.05, 0.1) is 6.10 Å². The molecule has 1 heterocycles. The maximum atomic E-state index is 12.8. The van der Waals surface area contributed by atoms with Crippen molar-refractivity contribution in [2.24, 2.45) is 5.41 Å². The molecule has 2 rings (SSSR count). The standard InChI is InChI=1S/C21H31N3O2/c1-14(2)26-19-22-18(24(23-19)17(25)13-20(3,4)5)15-9-11-16(12-10-15)21(6,7)8/h9-12,14H,13H2,1-8H3. The third-order valence-electron chi connectivity index (χ3n) is 3.86. The van der Waals surface area contributed by atoms with Gasteiger partial charge in [0.15, 0.2) is 5.82 Å². The van der Waals surface area contributed by atoms with Gasteiger partial charge in [0.1, 0.15) is 0 Å². The first-order chi connectivity index (χ1) is 11.9. The molecule has 0 atom stereocenters. The average Bonchev–Trinajstić information content (AvgIpc) is 2.88. The van der Waals surface area contributed by atoms with E-state index in [0.717, 1.165) is 5.56 Å². The van der Waals surface area contributed by atoms with Crippen molar-refractivity contribution in [3.05, 3.63) is 29.8 Å². The van der Waals surface area contributed by atoms with Crippen molar-refractivity contribution in [2.75, 3.05) is 0 Å². The highest BCUT2D eigenvalue weighted by Gasteiger charge is 2.24. The van der Waals surface area contributed by atoms with E-state index in [1.165, 1.54) is 10.2 Å². The quantitative estimate of drug-likeness (QED) is 0.763. The van der Waals surface area contributed by atoms with E-state index in [1.807, 2.05) is 46.8 Å². The molecule has 0 aliphatic carbocycles. The van der Waals surface area contributed by atoms with Gasteiger partial charge in [-0.2, -0.15) is 9.67 Å². The van der Waals surface area contributed by atoms with Gasteiger partial charge >= 0.3 is 6.01 Å². The maximum absolute atomic E-state index is 12.8. The topological polar surface area (TPSA) is 57.0 Å². The SMILES string of the molecule is CC(C)Oc1nc(-c2ccc(C(C)(C)C)cc2)n(C(=O)CC(C)(C)C)n1. The first-order valence-electron chi connectivity index (χ1n) is 9.15. The second-order valence-electron chi connectivity index (χ2n) is 9.25. The number of benzene rings is 1. The molecule has 0 bridgehead atoms. The van der Waals surface area contributed by atoms with Crippen molar-refractivity contribution in [2.45, 2.75) is 73.3 Å². The molecule has 0 N–H and O–H groups in total. The first kappa shape index (κ1) is 20.1. The monoisotopic (exact) mass is 357 g/mol. The molecule has 1 aromatic carbocycles. The summed E-state index contributed by atoms with van der Waals surface area (Å²) in [6.45, 7) is 16.4. The van der Waals surface area contributed by atoms with Crippen LogP contribution in [-0.4, -0.2) is 26.8 Å². The molecule has 0 saturated carbocycles. The summed E-state index contributed by atoms with van der Waals surface area (Å²) in [5.74, 6) is 0.439. The van der Waals surface area contributed by atoms with Crippen LogP contribution >= 0.6 is 0 Å². The molecule has 0 aliphatic rings. The lowest BCUT2D eigenvalue weighted by atomic mass is 9.86. The summed E-state index contributed by atoms with van der Waals surface area (Å²) < 4.78 is 7.00. The minimum Gasteiger partial charge on any atom is -0.460 e. The normalized spacial score (nSPS) is 12.5. The summed E-state index contributed by atoms with van der Waals surface area (Å²) in [5.41, 5.74) is 2.02. The average molecular weight is 357 g/mol. The second kappa shape index (κ2) is 7.22. The highest BCUT2D eigenvalue weighted by Crippen LogP contribution is 2.28. The van der Waals surface area contributed by atoms with Gasteiger partial charge in [-0.1, -0.05) is 65.8 Å². The molecule has 142 valence electrons. The minimum absolute atomic E-state index is 0.0558. The Morgan fingerprint density at radius 1 is 1.08 bits per heavy atom. The van der Waals surface area contributed by atoms with Crippen molar-refractivity contribution in [3.8, 4) is 17.4 Å². The lowest BCUT2D eigenvalue weighted by molar-refractivity contribution is 0.0838. The number of nitrogens with zero attached hydrogens (tertiary/aromatic N) is 3. The molecule has 0 radical (unpaired) electrons. The largest absolute Gasteiger partial charge is 0.460 e. The zero-order chi connectivity index (χ0) is 19.7. The summed E-state index contributed by atoms with van der Waals surface area (Å²) in [7, 11) is 0. The Morgan fingerprint density at radius 3 is 2.12 bits per heavy atom. The Bertz CT molecular complexity index is 760. The van der Waals surface area contributed by atoms with Crippen molar-refractivity contribution in [1.82, 2.24) is 14.8 Å². The summed E-state index contributed by atoms with van der Waals surface area (Å²) in [4.78, 5) is 17.3. The van der Waals surface area contributed by atoms with Crippen LogP contribution in [0.4, 0.5) is 0 Å². The number of carbonyl (C=O) groups excluding carboxylic acids is 1. The highest BCUT2D eigenvalue weighted by atomic mass is 16.5. The Morgan fingerprint density at radius 2 is 1.65 bits per heavy atom. The fourth-order valence-electron chi connectivity index (χ4n) is 2.56. The van der Waals surface area contributed by atoms with Crippen molar-refractivity contribution in [3.63, 3.8) is 0 Å². The third kappa shape index (κ3) is 5.16. The van der Waals surface area contributed by atoms with Gasteiger partial charge in [-0.25, -0.2) is 0 Å². The Kier molecular flexibility index (Phi) is 5.59. The molecule has 5 heteroatoms. The molecule has 0 spiro atoms. The number of ether oxygens (including phenoxy) is 1. The van der Waals surface area contributed by atoms with Crippen LogP contribution in [0.25, 0.3) is 11.4 Å². The molecular formula is C21H31N3O2. The van der Waals surface area contributed by atoms with Gasteiger partial charge in [0.25, 0.3) is 0 Å². The van der Waals surface area contributed by atoms with Gasteiger partial charge in [-0.3, -0.25) is 4.79 Å². The maximum Gasteiger partial charge on any atom is 0.336 e. The molecule has 0 fully saturated rings. The number of aromatic nitrogens is 3. The Balaban J connectivity index is 2.45. The molecule has 0 unspecified atom stereocenters. The van der Waals surface area contributed by atoms with Crippen molar-refractivity contribution >= 4 is 5.91 Å². The third-order valence-corrected chi connectivity index (χ3v) is 3.86. The van der Waals surface area contributed by atoms with Crippen LogP contribution in [0, 0.1) is 5.41 Å². The zero-order valence-electron chi connectivity index (χ0n) is 17.3. The number of carbonyl (C=O) groups is 1. The molecule has 0 amide bonds. The van der Waals surface area contributed by atoms with Gasteiger partial charge in [0.2, 0.25) is 5.91 Å². The van der Waals surface area contributed by atoms with E-state index in [4.69, 9.17) is 4.74 Å². The lowest BCUT2D eigenvalue weighted by Crippen LogP contribution is -2.21. The van der Waals surface area contributed by atoms with E-state index in [0.29, 0.717) is 12.2 Å². The molecule has 0 aliphatic heterocycles. The molecule has 1 aromatic heterocycles. The van der Waals surface area contributed by atoms with E-state index in [2.05, 4.69) is 43.0 Å². The van der Waals surface area contributed by atoms with Gasteiger partial charge in [-0.05, 0) is 30.2 Å². The van der Waals surface area contributed by atoms with Crippen molar-refractivity contribution < 1.29 is 9.53 Å². The van der Waals surface area contributed by atoms with Crippen LogP contribution in [0.2, 0.25) is 0 Å². The van der Waals surface area contributed by atoms with Crippen LogP contribution in [0.3, 0.4) is 0 Å². The van der Waals surface area contributed by atoms with Crippen LogP contribution in [0.5, 0.6) is 6.01 Å².